The van der Waals surface area contributed by atoms with Crippen LogP contribution < -0.4 is 11.1 Å². The van der Waals surface area contributed by atoms with E-state index >= 15 is 0 Å². The summed E-state index contributed by atoms with van der Waals surface area (Å²) in [5, 5.41) is 12.8. The van der Waals surface area contributed by atoms with E-state index in [2.05, 4.69) is 10.3 Å². The summed E-state index contributed by atoms with van der Waals surface area (Å²) in [7, 11) is 1.96. The van der Waals surface area contributed by atoms with Crippen LogP contribution in [0.4, 0.5) is 5.82 Å². The Hall–Kier alpha value is -3.55. The highest BCUT2D eigenvalue weighted by atomic mass is 16.3. The number of amides is 2. The number of aromatic nitrogens is 1. The predicted molar refractivity (Wildman–Crippen MR) is 170 cm³/mol. The number of anilines is 1. The lowest BCUT2D eigenvalue weighted by Gasteiger charge is -2.49. The molecule has 7 nitrogen and oxygen atoms in total. The van der Waals surface area contributed by atoms with Crippen molar-refractivity contribution in [3.8, 4) is 22.3 Å². The van der Waals surface area contributed by atoms with Gasteiger partial charge in [-0.3, -0.25) is 9.59 Å². The van der Waals surface area contributed by atoms with Crippen molar-refractivity contribution in [3.63, 3.8) is 0 Å². The van der Waals surface area contributed by atoms with Crippen LogP contribution in [0, 0.1) is 5.92 Å². The molecule has 1 aromatic heterocycles. The summed E-state index contributed by atoms with van der Waals surface area (Å²) >= 11 is 0. The number of pyridine rings is 1. The van der Waals surface area contributed by atoms with Gasteiger partial charge in [0.25, 0.3) is 0 Å². The molecule has 0 atom stereocenters. The summed E-state index contributed by atoms with van der Waals surface area (Å²) in [4.78, 5) is 29.5. The standard InChI is InChI=1S/C24H25N3O2.C11H21NO/c1-16(28)27-22-12-20(17-6-4-3-5-7-17)21(13-26-22)18-8-10-19(11-9-18)24(25)14-23(2,29)15-24;1-9(2)11(13)12(3)10-7-5-4-6-8-10/h3-13,29H,14-15,25H2,1-2H3,(H,26,27,28);9-10H,4-8H2,1-3H3. The van der Waals surface area contributed by atoms with Crippen LogP contribution in [0.1, 0.15) is 78.2 Å². The van der Waals surface area contributed by atoms with Gasteiger partial charge in [-0.05, 0) is 60.9 Å². The van der Waals surface area contributed by atoms with Gasteiger partial charge in [0.2, 0.25) is 11.8 Å². The van der Waals surface area contributed by atoms with E-state index in [4.69, 9.17) is 5.73 Å². The number of aliphatic hydroxyl groups is 1. The molecule has 2 saturated carbocycles. The average molecular weight is 571 g/mol. The van der Waals surface area contributed by atoms with Crippen LogP contribution in [-0.2, 0) is 15.1 Å². The first-order valence-corrected chi connectivity index (χ1v) is 15.1. The Labute approximate surface area is 250 Å². The Morgan fingerprint density at radius 2 is 1.57 bits per heavy atom. The highest BCUT2D eigenvalue weighted by Crippen LogP contribution is 2.46. The van der Waals surface area contributed by atoms with Crippen molar-refractivity contribution < 1.29 is 14.7 Å². The van der Waals surface area contributed by atoms with Gasteiger partial charge in [0, 0.05) is 43.2 Å². The first kappa shape index (κ1) is 31.4. The fourth-order valence-corrected chi connectivity index (χ4v) is 6.34. The molecule has 2 aliphatic carbocycles. The zero-order valence-electron chi connectivity index (χ0n) is 25.7. The molecule has 7 heteroatoms. The first-order chi connectivity index (χ1) is 19.9. The summed E-state index contributed by atoms with van der Waals surface area (Å²) < 4.78 is 0. The molecule has 1 heterocycles. The van der Waals surface area contributed by atoms with E-state index in [1.54, 1.807) is 6.20 Å². The summed E-state index contributed by atoms with van der Waals surface area (Å²) in [5.74, 6) is 0.811. The quantitative estimate of drug-likeness (QED) is 0.313. The van der Waals surface area contributed by atoms with Gasteiger partial charge in [0.05, 0.1) is 5.60 Å². The largest absolute Gasteiger partial charge is 0.390 e. The number of benzene rings is 2. The molecule has 0 saturated heterocycles. The normalized spacial score (nSPS) is 22.0. The third kappa shape index (κ3) is 7.64. The number of carbonyl (C=O) groups is 2. The minimum Gasteiger partial charge on any atom is -0.390 e. The summed E-state index contributed by atoms with van der Waals surface area (Å²) in [6.07, 6.45) is 9.24. The molecule has 2 aliphatic rings. The zero-order valence-corrected chi connectivity index (χ0v) is 25.7. The van der Waals surface area contributed by atoms with Crippen molar-refractivity contribution in [2.45, 2.75) is 89.8 Å². The topological polar surface area (TPSA) is 109 Å². The van der Waals surface area contributed by atoms with Crippen molar-refractivity contribution in [3.05, 3.63) is 72.4 Å². The molecule has 0 bridgehead atoms. The van der Waals surface area contributed by atoms with Gasteiger partial charge in [0.15, 0.2) is 0 Å². The van der Waals surface area contributed by atoms with Crippen LogP contribution in [0.3, 0.4) is 0 Å². The van der Waals surface area contributed by atoms with E-state index in [1.807, 2.05) is 93.4 Å². The van der Waals surface area contributed by atoms with Crippen molar-refractivity contribution in [1.29, 1.82) is 0 Å². The van der Waals surface area contributed by atoms with Crippen LogP contribution in [-0.4, -0.2) is 45.5 Å². The molecule has 0 radical (unpaired) electrons. The number of carbonyl (C=O) groups excluding carboxylic acids is 2. The molecular weight excluding hydrogens is 524 g/mol. The maximum Gasteiger partial charge on any atom is 0.225 e. The second-order valence-corrected chi connectivity index (χ2v) is 12.6. The number of nitrogens with two attached hydrogens (primary N) is 1. The number of hydrogen-bond donors (Lipinski definition) is 3. The third-order valence-electron chi connectivity index (χ3n) is 8.42. The number of rotatable bonds is 6. The van der Waals surface area contributed by atoms with Crippen molar-refractivity contribution in [2.24, 2.45) is 11.7 Å². The molecule has 4 N–H and O–H groups in total. The average Bonchev–Trinajstić information content (AvgIpc) is 2.96. The second-order valence-electron chi connectivity index (χ2n) is 12.6. The molecule has 2 fully saturated rings. The summed E-state index contributed by atoms with van der Waals surface area (Å²) in [6, 6.07) is 20.6. The van der Waals surface area contributed by atoms with Gasteiger partial charge in [0.1, 0.15) is 5.82 Å². The van der Waals surface area contributed by atoms with E-state index in [9.17, 15) is 14.7 Å². The molecule has 0 unspecified atom stereocenters. The molecule has 42 heavy (non-hydrogen) atoms. The predicted octanol–water partition coefficient (Wildman–Crippen LogP) is 6.51. The van der Waals surface area contributed by atoms with Crippen molar-refractivity contribution >= 4 is 17.6 Å². The first-order valence-electron chi connectivity index (χ1n) is 15.1. The minimum absolute atomic E-state index is 0.145. The monoisotopic (exact) mass is 570 g/mol. The molecule has 2 amide bonds. The summed E-state index contributed by atoms with van der Waals surface area (Å²) in [6.45, 7) is 7.24. The van der Waals surface area contributed by atoms with Gasteiger partial charge in [-0.1, -0.05) is 87.7 Å². The molecule has 2 aromatic carbocycles. The van der Waals surface area contributed by atoms with E-state index in [0.29, 0.717) is 30.6 Å². The Kier molecular flexibility index (Phi) is 9.85. The van der Waals surface area contributed by atoms with E-state index in [-0.39, 0.29) is 11.8 Å². The summed E-state index contributed by atoms with van der Waals surface area (Å²) in [5.41, 5.74) is 10.4. The lowest BCUT2D eigenvalue weighted by molar-refractivity contribution is -0.135. The van der Waals surface area contributed by atoms with Crippen molar-refractivity contribution in [2.75, 3.05) is 12.4 Å². The van der Waals surface area contributed by atoms with Gasteiger partial charge in [-0.25, -0.2) is 4.98 Å². The Balaban J connectivity index is 0.000000262. The molecule has 0 spiro atoms. The Bertz CT molecular complexity index is 1350. The van der Waals surface area contributed by atoms with Gasteiger partial charge < -0.3 is 21.1 Å². The Morgan fingerprint density at radius 3 is 2.12 bits per heavy atom. The van der Waals surface area contributed by atoms with Crippen LogP contribution >= 0.6 is 0 Å². The highest BCUT2D eigenvalue weighted by Gasteiger charge is 2.49. The maximum atomic E-state index is 11.7. The van der Waals surface area contributed by atoms with E-state index in [1.165, 1.54) is 39.0 Å². The lowest BCUT2D eigenvalue weighted by Crippen LogP contribution is -2.58. The fraction of sp³-hybridized carbons (Fsp3) is 0.457. The van der Waals surface area contributed by atoms with E-state index in [0.717, 1.165) is 27.8 Å². The SMILES string of the molecule is CC(=O)Nc1cc(-c2ccccc2)c(-c2ccc(C3(N)CC(C)(O)C3)cc2)cn1.CC(C)C(=O)N(C)C1CCCCC1. The van der Waals surface area contributed by atoms with Gasteiger partial charge in [-0.2, -0.15) is 0 Å². The lowest BCUT2D eigenvalue weighted by atomic mass is 9.63. The molecule has 5 rings (SSSR count). The molecular formula is C35H46N4O3. The van der Waals surface area contributed by atoms with Crippen LogP contribution in [0.15, 0.2) is 66.9 Å². The molecule has 224 valence electrons. The van der Waals surface area contributed by atoms with Crippen LogP contribution in [0.25, 0.3) is 22.3 Å². The fourth-order valence-electron chi connectivity index (χ4n) is 6.34. The van der Waals surface area contributed by atoms with Crippen LogP contribution in [0.2, 0.25) is 0 Å². The van der Waals surface area contributed by atoms with E-state index < -0.39 is 11.1 Å². The Morgan fingerprint density at radius 1 is 0.976 bits per heavy atom. The van der Waals surface area contributed by atoms with Gasteiger partial charge in [-0.15, -0.1) is 0 Å². The zero-order chi connectivity index (χ0) is 30.5. The second kappa shape index (κ2) is 13.2. The maximum absolute atomic E-state index is 11.7. The number of nitrogens with one attached hydrogen (secondary N) is 1. The minimum atomic E-state index is -0.683. The van der Waals surface area contributed by atoms with Crippen LogP contribution in [0.5, 0.6) is 0 Å². The smallest absolute Gasteiger partial charge is 0.225 e. The molecule has 0 aliphatic heterocycles. The molecule has 3 aromatic rings. The van der Waals surface area contributed by atoms with Crippen molar-refractivity contribution in [1.82, 2.24) is 9.88 Å². The van der Waals surface area contributed by atoms with Gasteiger partial charge >= 0.3 is 0 Å². The third-order valence-corrected chi connectivity index (χ3v) is 8.42. The highest BCUT2D eigenvalue weighted by molar-refractivity contribution is 5.91. The number of nitrogens with zero attached hydrogens (tertiary/aromatic N) is 2. The number of hydrogen-bond acceptors (Lipinski definition) is 5.